The van der Waals surface area contributed by atoms with E-state index < -0.39 is 0 Å². The number of nitrogens with one attached hydrogen (secondary N) is 1. The molecule has 4 rings (SSSR count). The van der Waals surface area contributed by atoms with E-state index in [1.807, 2.05) is 29.6 Å². The molecule has 0 saturated carbocycles. The summed E-state index contributed by atoms with van der Waals surface area (Å²) in [6.45, 7) is 0.669. The van der Waals surface area contributed by atoms with Crippen LogP contribution in [0.2, 0.25) is 10.0 Å². The first-order chi connectivity index (χ1) is 14.0. The van der Waals surface area contributed by atoms with Gasteiger partial charge in [0.2, 0.25) is 11.8 Å². The number of carbonyl (C=O) groups excluding carboxylic acids is 2. The number of rotatable bonds is 5. The highest BCUT2D eigenvalue weighted by Gasteiger charge is 2.23. The molecular formula is C21H17Cl2N3O2S. The summed E-state index contributed by atoms with van der Waals surface area (Å²) in [7, 11) is 0. The Bertz CT molecular complexity index is 1080. The van der Waals surface area contributed by atoms with Gasteiger partial charge in [0.05, 0.1) is 27.8 Å². The summed E-state index contributed by atoms with van der Waals surface area (Å²) in [6, 6.07) is 12.7. The zero-order valence-electron chi connectivity index (χ0n) is 15.3. The van der Waals surface area contributed by atoms with Crippen LogP contribution in [0.4, 0.5) is 11.4 Å². The molecule has 2 amide bonds. The molecular weight excluding hydrogens is 429 g/mol. The standard InChI is InChI=1S/C21H17Cl2N3O2S/c22-16-5-2-1-4-15(16)21-25-14(12-29-21)11-19(27)24-13-7-8-18(17(23)10-13)26-9-3-6-20(26)28/h1-2,4-5,7-8,10,12H,3,6,9,11H2,(H,24,27). The number of hydrogen-bond donors (Lipinski definition) is 1. The van der Waals surface area contributed by atoms with E-state index in [4.69, 9.17) is 23.2 Å². The van der Waals surface area contributed by atoms with Gasteiger partial charge in [-0.15, -0.1) is 11.3 Å². The molecule has 0 atom stereocenters. The summed E-state index contributed by atoms with van der Waals surface area (Å²) in [6.07, 6.45) is 1.51. The van der Waals surface area contributed by atoms with Crippen molar-refractivity contribution in [1.29, 1.82) is 0 Å². The molecule has 29 heavy (non-hydrogen) atoms. The van der Waals surface area contributed by atoms with Gasteiger partial charge >= 0.3 is 0 Å². The second kappa shape index (κ2) is 8.53. The average Bonchev–Trinajstić information content (AvgIpc) is 3.31. The number of halogens is 2. The third kappa shape index (κ3) is 4.45. The van der Waals surface area contributed by atoms with Crippen molar-refractivity contribution in [2.24, 2.45) is 0 Å². The fourth-order valence-corrected chi connectivity index (χ4v) is 4.65. The Hall–Kier alpha value is -2.41. The second-order valence-electron chi connectivity index (χ2n) is 6.66. The largest absolute Gasteiger partial charge is 0.326 e. The van der Waals surface area contributed by atoms with Gasteiger partial charge in [0.1, 0.15) is 5.01 Å². The molecule has 1 aromatic heterocycles. The number of hydrogen-bond acceptors (Lipinski definition) is 4. The van der Waals surface area contributed by atoms with E-state index in [9.17, 15) is 9.59 Å². The zero-order valence-corrected chi connectivity index (χ0v) is 17.7. The molecule has 148 valence electrons. The Kier molecular flexibility index (Phi) is 5.85. The number of thiazole rings is 1. The molecule has 1 saturated heterocycles. The molecule has 1 aliphatic heterocycles. The van der Waals surface area contributed by atoms with Crippen molar-refractivity contribution in [2.75, 3.05) is 16.8 Å². The zero-order chi connectivity index (χ0) is 20.4. The lowest BCUT2D eigenvalue weighted by molar-refractivity contribution is -0.117. The van der Waals surface area contributed by atoms with Crippen LogP contribution >= 0.6 is 34.5 Å². The molecule has 3 aromatic rings. The molecule has 0 unspecified atom stereocenters. The van der Waals surface area contributed by atoms with Gasteiger partial charge in [-0.25, -0.2) is 4.98 Å². The maximum atomic E-state index is 12.4. The summed E-state index contributed by atoms with van der Waals surface area (Å²) >= 11 is 14.0. The first-order valence-corrected chi connectivity index (χ1v) is 10.7. The molecule has 0 aliphatic carbocycles. The van der Waals surface area contributed by atoms with Crippen molar-refractivity contribution in [1.82, 2.24) is 4.98 Å². The predicted molar refractivity (Wildman–Crippen MR) is 118 cm³/mol. The lowest BCUT2D eigenvalue weighted by atomic mass is 10.2. The number of benzene rings is 2. The van der Waals surface area contributed by atoms with E-state index >= 15 is 0 Å². The monoisotopic (exact) mass is 445 g/mol. The van der Waals surface area contributed by atoms with Crippen LogP contribution < -0.4 is 10.2 Å². The number of aromatic nitrogens is 1. The summed E-state index contributed by atoms with van der Waals surface area (Å²) in [4.78, 5) is 30.5. The van der Waals surface area contributed by atoms with Crippen LogP contribution in [0, 0.1) is 0 Å². The Balaban J connectivity index is 1.42. The van der Waals surface area contributed by atoms with E-state index in [0.29, 0.717) is 40.1 Å². The van der Waals surface area contributed by atoms with Crippen LogP contribution in [0.1, 0.15) is 18.5 Å². The van der Waals surface area contributed by atoms with Gasteiger partial charge in [-0.2, -0.15) is 0 Å². The van der Waals surface area contributed by atoms with E-state index in [1.54, 1.807) is 23.1 Å². The molecule has 1 N–H and O–H groups in total. The van der Waals surface area contributed by atoms with Crippen molar-refractivity contribution in [3.05, 3.63) is 63.6 Å². The number of nitrogens with zero attached hydrogens (tertiary/aromatic N) is 2. The van der Waals surface area contributed by atoms with Gasteiger partial charge in [-0.05, 0) is 30.7 Å². The highest BCUT2D eigenvalue weighted by molar-refractivity contribution is 7.13. The summed E-state index contributed by atoms with van der Waals surface area (Å²) in [5.41, 5.74) is 2.78. The molecule has 8 heteroatoms. The minimum absolute atomic E-state index is 0.0709. The molecule has 0 bridgehead atoms. The maximum Gasteiger partial charge on any atom is 0.230 e. The molecule has 1 aliphatic rings. The molecule has 2 heterocycles. The van der Waals surface area contributed by atoms with Gasteiger partial charge in [-0.1, -0.05) is 41.4 Å². The van der Waals surface area contributed by atoms with Crippen molar-refractivity contribution in [3.8, 4) is 10.6 Å². The van der Waals surface area contributed by atoms with Gasteiger partial charge in [0, 0.05) is 29.6 Å². The van der Waals surface area contributed by atoms with Crippen LogP contribution in [0.25, 0.3) is 10.6 Å². The van der Waals surface area contributed by atoms with Crippen LogP contribution in [0.5, 0.6) is 0 Å². The smallest absolute Gasteiger partial charge is 0.230 e. The van der Waals surface area contributed by atoms with Gasteiger partial charge < -0.3 is 10.2 Å². The van der Waals surface area contributed by atoms with Crippen molar-refractivity contribution < 1.29 is 9.59 Å². The van der Waals surface area contributed by atoms with E-state index in [2.05, 4.69) is 10.3 Å². The number of amides is 2. The van der Waals surface area contributed by atoms with Crippen molar-refractivity contribution in [3.63, 3.8) is 0 Å². The Morgan fingerprint density at radius 2 is 2.00 bits per heavy atom. The van der Waals surface area contributed by atoms with E-state index in [-0.39, 0.29) is 18.2 Å². The fraction of sp³-hybridized carbons (Fsp3) is 0.190. The molecule has 2 aromatic carbocycles. The topological polar surface area (TPSA) is 62.3 Å². The normalized spacial score (nSPS) is 13.7. The van der Waals surface area contributed by atoms with Crippen LogP contribution in [-0.2, 0) is 16.0 Å². The number of anilines is 2. The highest BCUT2D eigenvalue weighted by Crippen LogP contribution is 2.32. The maximum absolute atomic E-state index is 12.4. The molecule has 0 spiro atoms. The average molecular weight is 446 g/mol. The summed E-state index contributed by atoms with van der Waals surface area (Å²) < 4.78 is 0. The van der Waals surface area contributed by atoms with Gasteiger partial charge in [0.15, 0.2) is 0 Å². The van der Waals surface area contributed by atoms with E-state index in [0.717, 1.165) is 17.0 Å². The fourth-order valence-electron chi connectivity index (χ4n) is 3.22. The molecule has 0 radical (unpaired) electrons. The first-order valence-electron chi connectivity index (χ1n) is 9.10. The van der Waals surface area contributed by atoms with Crippen LogP contribution in [-0.4, -0.2) is 23.3 Å². The quantitative estimate of drug-likeness (QED) is 0.569. The van der Waals surface area contributed by atoms with E-state index in [1.165, 1.54) is 11.3 Å². The van der Waals surface area contributed by atoms with Crippen LogP contribution in [0.3, 0.4) is 0 Å². The van der Waals surface area contributed by atoms with Gasteiger partial charge in [-0.3, -0.25) is 9.59 Å². The number of carbonyl (C=O) groups is 2. The minimum Gasteiger partial charge on any atom is -0.326 e. The predicted octanol–water partition coefficient (Wildman–Crippen LogP) is 5.42. The third-order valence-electron chi connectivity index (χ3n) is 4.59. The lowest BCUT2D eigenvalue weighted by Crippen LogP contribution is -2.24. The molecule has 5 nitrogen and oxygen atoms in total. The Morgan fingerprint density at radius 1 is 1.17 bits per heavy atom. The Labute approximate surface area is 182 Å². The first kappa shape index (κ1) is 19.9. The molecule has 1 fully saturated rings. The van der Waals surface area contributed by atoms with Crippen molar-refractivity contribution >= 4 is 57.7 Å². The second-order valence-corrected chi connectivity index (χ2v) is 8.34. The van der Waals surface area contributed by atoms with Gasteiger partial charge in [0.25, 0.3) is 0 Å². The Morgan fingerprint density at radius 3 is 2.72 bits per heavy atom. The minimum atomic E-state index is -0.193. The lowest BCUT2D eigenvalue weighted by Gasteiger charge is -2.18. The summed E-state index contributed by atoms with van der Waals surface area (Å²) in [5, 5.41) is 6.53. The van der Waals surface area contributed by atoms with Crippen molar-refractivity contribution in [2.45, 2.75) is 19.3 Å². The summed E-state index contributed by atoms with van der Waals surface area (Å²) in [5.74, 6) is -0.122. The third-order valence-corrected chi connectivity index (χ3v) is 6.15. The highest BCUT2D eigenvalue weighted by atomic mass is 35.5. The van der Waals surface area contributed by atoms with Crippen LogP contribution in [0.15, 0.2) is 47.8 Å². The SMILES string of the molecule is O=C(Cc1csc(-c2ccccc2Cl)n1)Nc1ccc(N2CCCC2=O)c(Cl)c1.